The zero-order chi connectivity index (χ0) is 21.6. The Kier molecular flexibility index (Phi) is 7.28. The Morgan fingerprint density at radius 1 is 1.14 bits per heavy atom. The molecule has 0 bridgehead atoms. The molecule has 2 aromatic rings. The van der Waals surface area contributed by atoms with Gasteiger partial charge in [-0.1, -0.05) is 23.7 Å². The molecular formula is C20H17ClF3NO4. The summed E-state index contributed by atoms with van der Waals surface area (Å²) in [5.74, 6) is -1.06. The standard InChI is InChI=1S/C20H17ClF3NO4/c1-12(19(27)25-16-11-15(21)8-9-17(16)28-2)29-18(26)10-5-13-3-6-14(7-4-13)20(22,23)24/h3-12H,1-2H3,(H,25,27)/b10-5+. The number of methoxy groups -OCH3 is 1. The summed E-state index contributed by atoms with van der Waals surface area (Å²) in [4.78, 5) is 24.1. The number of hydrogen-bond donors (Lipinski definition) is 1. The summed E-state index contributed by atoms with van der Waals surface area (Å²) < 4.78 is 47.7. The number of ether oxygens (including phenoxy) is 2. The van der Waals surface area contributed by atoms with E-state index in [0.717, 1.165) is 18.2 Å². The van der Waals surface area contributed by atoms with Crippen LogP contribution in [-0.2, 0) is 20.5 Å². The van der Waals surface area contributed by atoms with Gasteiger partial charge < -0.3 is 14.8 Å². The molecule has 0 heterocycles. The van der Waals surface area contributed by atoms with E-state index in [1.165, 1.54) is 38.3 Å². The molecule has 0 radical (unpaired) electrons. The maximum atomic E-state index is 12.5. The van der Waals surface area contributed by atoms with E-state index in [0.29, 0.717) is 22.0 Å². The normalized spacial score (nSPS) is 12.5. The Morgan fingerprint density at radius 3 is 2.38 bits per heavy atom. The first-order valence-electron chi connectivity index (χ1n) is 8.30. The molecule has 154 valence electrons. The van der Waals surface area contributed by atoms with Crippen LogP contribution in [0.4, 0.5) is 18.9 Å². The molecule has 2 aromatic carbocycles. The molecule has 0 saturated heterocycles. The molecule has 0 fully saturated rings. The number of esters is 1. The predicted octanol–water partition coefficient (Wildman–Crippen LogP) is 4.95. The largest absolute Gasteiger partial charge is 0.495 e. The van der Waals surface area contributed by atoms with Gasteiger partial charge in [0.25, 0.3) is 5.91 Å². The van der Waals surface area contributed by atoms with Crippen LogP contribution in [0.5, 0.6) is 5.75 Å². The van der Waals surface area contributed by atoms with Crippen molar-refractivity contribution in [3.05, 3.63) is 64.7 Å². The highest BCUT2D eigenvalue weighted by Crippen LogP contribution is 2.29. The van der Waals surface area contributed by atoms with Crippen molar-refractivity contribution in [2.45, 2.75) is 19.2 Å². The Bertz CT molecular complexity index is 911. The fraction of sp³-hybridized carbons (Fsp3) is 0.200. The summed E-state index contributed by atoms with van der Waals surface area (Å²) in [6.07, 6.45) is -3.27. The van der Waals surface area contributed by atoms with Gasteiger partial charge >= 0.3 is 12.1 Å². The minimum Gasteiger partial charge on any atom is -0.495 e. The number of nitrogens with one attached hydrogen (secondary N) is 1. The molecular weight excluding hydrogens is 411 g/mol. The zero-order valence-corrected chi connectivity index (χ0v) is 16.2. The van der Waals surface area contributed by atoms with Crippen LogP contribution in [0.15, 0.2) is 48.5 Å². The number of alkyl halides is 3. The van der Waals surface area contributed by atoms with Crippen molar-refractivity contribution in [2.24, 2.45) is 0 Å². The van der Waals surface area contributed by atoms with E-state index in [-0.39, 0.29) is 0 Å². The molecule has 0 aliphatic rings. The van der Waals surface area contributed by atoms with Gasteiger partial charge in [0.05, 0.1) is 18.4 Å². The van der Waals surface area contributed by atoms with Crippen LogP contribution in [0, 0.1) is 0 Å². The van der Waals surface area contributed by atoms with Gasteiger partial charge in [-0.05, 0) is 48.9 Å². The van der Waals surface area contributed by atoms with Crippen molar-refractivity contribution in [3.8, 4) is 5.75 Å². The number of carbonyl (C=O) groups is 2. The average Bonchev–Trinajstić information content (AvgIpc) is 2.66. The lowest BCUT2D eigenvalue weighted by Crippen LogP contribution is -2.29. The van der Waals surface area contributed by atoms with Crippen molar-refractivity contribution in [1.82, 2.24) is 0 Å². The van der Waals surface area contributed by atoms with Gasteiger partial charge in [-0.25, -0.2) is 4.79 Å². The van der Waals surface area contributed by atoms with E-state index in [4.69, 9.17) is 21.1 Å². The van der Waals surface area contributed by atoms with Gasteiger partial charge in [0.15, 0.2) is 6.10 Å². The molecule has 5 nitrogen and oxygen atoms in total. The van der Waals surface area contributed by atoms with Gasteiger partial charge in [-0.15, -0.1) is 0 Å². The Labute approximate surface area is 170 Å². The van der Waals surface area contributed by atoms with Gasteiger partial charge in [0, 0.05) is 11.1 Å². The first-order chi connectivity index (χ1) is 13.6. The van der Waals surface area contributed by atoms with Crippen molar-refractivity contribution >= 4 is 35.2 Å². The average molecular weight is 428 g/mol. The van der Waals surface area contributed by atoms with E-state index in [9.17, 15) is 22.8 Å². The Balaban J connectivity index is 1.95. The molecule has 0 saturated carbocycles. The number of rotatable bonds is 6. The van der Waals surface area contributed by atoms with Gasteiger partial charge in [0.2, 0.25) is 0 Å². The van der Waals surface area contributed by atoms with Crippen LogP contribution in [0.25, 0.3) is 6.08 Å². The molecule has 0 aromatic heterocycles. The van der Waals surface area contributed by atoms with Crippen LogP contribution in [0.2, 0.25) is 5.02 Å². The summed E-state index contributed by atoms with van der Waals surface area (Å²) in [7, 11) is 1.42. The van der Waals surface area contributed by atoms with E-state index in [1.807, 2.05) is 0 Å². The summed E-state index contributed by atoms with van der Waals surface area (Å²) in [6, 6.07) is 8.88. The molecule has 0 aliphatic heterocycles. The van der Waals surface area contributed by atoms with Gasteiger partial charge in [0.1, 0.15) is 5.75 Å². The molecule has 2 rings (SSSR count). The molecule has 0 spiro atoms. The highest BCUT2D eigenvalue weighted by atomic mass is 35.5. The van der Waals surface area contributed by atoms with Crippen LogP contribution in [0.1, 0.15) is 18.1 Å². The monoisotopic (exact) mass is 427 g/mol. The highest BCUT2D eigenvalue weighted by Gasteiger charge is 2.29. The second-order valence-electron chi connectivity index (χ2n) is 5.87. The zero-order valence-electron chi connectivity index (χ0n) is 15.4. The smallest absolute Gasteiger partial charge is 0.416 e. The van der Waals surface area contributed by atoms with E-state index in [2.05, 4.69) is 5.32 Å². The lowest BCUT2D eigenvalue weighted by atomic mass is 10.1. The molecule has 1 N–H and O–H groups in total. The number of halogens is 4. The van der Waals surface area contributed by atoms with Crippen molar-refractivity contribution in [1.29, 1.82) is 0 Å². The van der Waals surface area contributed by atoms with Crippen molar-refractivity contribution in [3.63, 3.8) is 0 Å². The van der Waals surface area contributed by atoms with E-state index in [1.54, 1.807) is 12.1 Å². The minimum atomic E-state index is -4.43. The lowest BCUT2D eigenvalue weighted by molar-refractivity contribution is -0.148. The molecule has 29 heavy (non-hydrogen) atoms. The number of anilines is 1. The van der Waals surface area contributed by atoms with Gasteiger partial charge in [-0.3, -0.25) is 4.79 Å². The maximum Gasteiger partial charge on any atom is 0.416 e. The van der Waals surface area contributed by atoms with E-state index < -0.39 is 29.7 Å². The summed E-state index contributed by atoms with van der Waals surface area (Å²) >= 11 is 5.89. The summed E-state index contributed by atoms with van der Waals surface area (Å²) in [5.41, 5.74) is -0.108. The Morgan fingerprint density at radius 2 is 1.79 bits per heavy atom. The third kappa shape index (κ3) is 6.53. The van der Waals surface area contributed by atoms with Crippen LogP contribution < -0.4 is 10.1 Å². The lowest BCUT2D eigenvalue weighted by Gasteiger charge is -2.14. The van der Waals surface area contributed by atoms with Gasteiger partial charge in [-0.2, -0.15) is 13.2 Å². The number of amides is 1. The second-order valence-corrected chi connectivity index (χ2v) is 6.30. The fourth-order valence-electron chi connectivity index (χ4n) is 2.23. The summed E-state index contributed by atoms with van der Waals surface area (Å²) in [5, 5.41) is 2.93. The van der Waals surface area contributed by atoms with Crippen molar-refractivity contribution in [2.75, 3.05) is 12.4 Å². The first kappa shape index (κ1) is 22.3. The number of hydrogen-bond acceptors (Lipinski definition) is 4. The molecule has 1 unspecified atom stereocenters. The van der Waals surface area contributed by atoms with E-state index >= 15 is 0 Å². The second kappa shape index (κ2) is 9.47. The molecule has 1 atom stereocenters. The van der Waals surface area contributed by atoms with Crippen molar-refractivity contribution < 1.29 is 32.2 Å². The predicted molar refractivity (Wildman–Crippen MR) is 103 cm³/mol. The maximum absolute atomic E-state index is 12.5. The quantitative estimate of drug-likeness (QED) is 0.523. The minimum absolute atomic E-state index is 0.313. The van der Waals surface area contributed by atoms with Crippen LogP contribution in [-0.4, -0.2) is 25.1 Å². The van der Waals surface area contributed by atoms with Crippen LogP contribution >= 0.6 is 11.6 Å². The molecule has 1 amide bonds. The third-order valence-electron chi connectivity index (χ3n) is 3.73. The SMILES string of the molecule is COc1ccc(Cl)cc1NC(=O)C(C)OC(=O)/C=C/c1ccc(C(F)(F)F)cc1. The molecule has 0 aliphatic carbocycles. The highest BCUT2D eigenvalue weighted by molar-refractivity contribution is 6.31. The van der Waals surface area contributed by atoms with Crippen LogP contribution in [0.3, 0.4) is 0 Å². The molecule has 9 heteroatoms. The summed E-state index contributed by atoms with van der Waals surface area (Å²) in [6.45, 7) is 1.37. The third-order valence-corrected chi connectivity index (χ3v) is 3.97. The number of carbonyl (C=O) groups excluding carboxylic acids is 2. The topological polar surface area (TPSA) is 64.6 Å². The number of benzene rings is 2. The first-order valence-corrected chi connectivity index (χ1v) is 8.68. The fourth-order valence-corrected chi connectivity index (χ4v) is 2.40. The Hall–Kier alpha value is -3.00.